The molecule has 1 atom stereocenters. The van der Waals surface area contributed by atoms with Gasteiger partial charge in [-0.15, -0.1) is 5.10 Å². The predicted molar refractivity (Wildman–Crippen MR) is 116 cm³/mol. The van der Waals surface area contributed by atoms with Gasteiger partial charge in [0, 0.05) is 17.7 Å². The van der Waals surface area contributed by atoms with Gasteiger partial charge in [0.1, 0.15) is 5.82 Å². The topological polar surface area (TPSA) is 98.8 Å². The van der Waals surface area contributed by atoms with Crippen LogP contribution >= 0.6 is 23.6 Å². The Labute approximate surface area is 178 Å². The lowest BCUT2D eigenvalue weighted by atomic mass is 9.68. The summed E-state index contributed by atoms with van der Waals surface area (Å²) < 4.78 is 0.510. The normalized spacial score (nSPS) is 21.2. The molecule has 8 heteroatoms. The second kappa shape index (κ2) is 6.94. The number of aromatic amines is 1. The zero-order chi connectivity index (χ0) is 20.9. The number of nitriles is 1. The number of nitrogens with two attached hydrogens (primary N) is 1. The maximum atomic E-state index is 13.3. The molecule has 1 aromatic carbocycles. The van der Waals surface area contributed by atoms with Gasteiger partial charge in [0.15, 0.2) is 9.74 Å². The van der Waals surface area contributed by atoms with E-state index < -0.39 is 5.92 Å². The molecule has 1 aromatic heterocycles. The smallest absolute Gasteiger partial charge is 0.216 e. The fraction of sp³-hybridized carbons (Fsp3) is 0.333. The average Bonchev–Trinajstić information content (AvgIpc) is 3.06. The fourth-order valence-corrected chi connectivity index (χ4v) is 5.05. The van der Waals surface area contributed by atoms with Crippen LogP contribution in [0.25, 0.3) is 0 Å². The number of aromatic nitrogens is 2. The van der Waals surface area contributed by atoms with E-state index in [-0.39, 0.29) is 11.2 Å². The van der Waals surface area contributed by atoms with Crippen molar-refractivity contribution in [3.05, 3.63) is 62.0 Å². The summed E-state index contributed by atoms with van der Waals surface area (Å²) >= 11 is 6.47. The number of anilines is 1. The molecule has 2 aliphatic rings. The van der Waals surface area contributed by atoms with E-state index in [9.17, 15) is 10.1 Å². The number of aryl methyl sites for hydroxylation is 1. The summed E-state index contributed by atoms with van der Waals surface area (Å²) in [6.07, 6.45) is 1.08. The van der Waals surface area contributed by atoms with Crippen molar-refractivity contribution < 1.29 is 4.79 Å². The van der Waals surface area contributed by atoms with Crippen molar-refractivity contribution in [2.45, 2.75) is 39.5 Å². The molecule has 0 radical (unpaired) electrons. The van der Waals surface area contributed by atoms with E-state index in [1.165, 1.54) is 11.3 Å². The van der Waals surface area contributed by atoms with Gasteiger partial charge >= 0.3 is 0 Å². The van der Waals surface area contributed by atoms with Crippen LogP contribution < -0.4 is 10.6 Å². The van der Waals surface area contributed by atoms with Crippen molar-refractivity contribution in [1.29, 1.82) is 5.26 Å². The number of carbonyl (C=O) groups is 1. The first-order chi connectivity index (χ1) is 13.7. The summed E-state index contributed by atoms with van der Waals surface area (Å²) in [7, 11) is 0. The van der Waals surface area contributed by atoms with Crippen LogP contribution in [0, 0.1) is 27.6 Å². The van der Waals surface area contributed by atoms with Gasteiger partial charge in [-0.3, -0.25) is 14.8 Å². The van der Waals surface area contributed by atoms with Crippen LogP contribution in [0.1, 0.15) is 43.7 Å². The van der Waals surface area contributed by atoms with E-state index in [0.29, 0.717) is 38.9 Å². The zero-order valence-electron chi connectivity index (χ0n) is 16.4. The highest BCUT2D eigenvalue weighted by molar-refractivity contribution is 7.73. The molecule has 0 fully saturated rings. The zero-order valence-corrected chi connectivity index (χ0v) is 18.1. The van der Waals surface area contributed by atoms with E-state index in [0.717, 1.165) is 16.8 Å². The molecule has 1 unspecified atom stereocenters. The minimum atomic E-state index is -0.470. The Balaban J connectivity index is 2.00. The Bertz CT molecular complexity index is 1160. The molecular weight excluding hydrogens is 402 g/mol. The molecule has 0 bridgehead atoms. The molecule has 3 N–H and O–H groups in total. The third-order valence-corrected chi connectivity index (χ3v) is 6.48. The van der Waals surface area contributed by atoms with Gasteiger partial charge in [0.2, 0.25) is 5.13 Å². The molecule has 1 aliphatic heterocycles. The number of hydrogen-bond acceptors (Lipinski definition) is 7. The Hall–Kier alpha value is -2.76. The number of carbonyl (C=O) groups excluding carboxylic acids is 1. The molecule has 0 amide bonds. The van der Waals surface area contributed by atoms with Gasteiger partial charge in [-0.2, -0.15) is 5.26 Å². The largest absolute Gasteiger partial charge is 0.384 e. The molecule has 2 aromatic rings. The predicted octanol–water partition coefficient (Wildman–Crippen LogP) is 4.45. The van der Waals surface area contributed by atoms with E-state index in [4.69, 9.17) is 18.0 Å². The fourth-order valence-electron chi connectivity index (χ4n) is 4.14. The lowest BCUT2D eigenvalue weighted by Crippen LogP contribution is -2.42. The molecule has 1 aliphatic carbocycles. The van der Waals surface area contributed by atoms with E-state index >= 15 is 0 Å². The van der Waals surface area contributed by atoms with Crippen LogP contribution in [0.2, 0.25) is 0 Å². The minimum absolute atomic E-state index is 0.0474. The van der Waals surface area contributed by atoms with Crippen LogP contribution in [0.15, 0.2) is 46.9 Å². The highest BCUT2D eigenvalue weighted by atomic mass is 32.1. The maximum absolute atomic E-state index is 13.3. The van der Waals surface area contributed by atoms with Crippen LogP contribution in [-0.4, -0.2) is 16.0 Å². The Kier molecular flexibility index (Phi) is 4.68. The summed E-state index contributed by atoms with van der Waals surface area (Å²) in [6.45, 7) is 6.14. The lowest BCUT2D eigenvalue weighted by Gasteiger charge is -2.42. The summed E-state index contributed by atoms with van der Waals surface area (Å²) in [4.78, 5) is 15.1. The van der Waals surface area contributed by atoms with Gasteiger partial charge in [-0.25, -0.2) is 0 Å². The van der Waals surface area contributed by atoms with Crippen molar-refractivity contribution in [1.82, 2.24) is 10.2 Å². The molecule has 0 saturated heterocycles. The summed E-state index contributed by atoms with van der Waals surface area (Å²) in [5, 5.41) is 17.6. The van der Waals surface area contributed by atoms with Gasteiger partial charge in [0.25, 0.3) is 0 Å². The second-order valence-electron chi connectivity index (χ2n) is 8.29. The van der Waals surface area contributed by atoms with Crippen molar-refractivity contribution in [2.24, 2.45) is 11.1 Å². The maximum Gasteiger partial charge on any atom is 0.216 e. The van der Waals surface area contributed by atoms with Crippen molar-refractivity contribution in [3.8, 4) is 6.07 Å². The number of H-pyrrole nitrogens is 1. The van der Waals surface area contributed by atoms with E-state index in [2.05, 4.69) is 30.1 Å². The second-order valence-corrected chi connectivity index (χ2v) is 9.93. The van der Waals surface area contributed by atoms with E-state index in [1.807, 2.05) is 31.2 Å². The number of hydrogen-bond donors (Lipinski definition) is 2. The van der Waals surface area contributed by atoms with Gasteiger partial charge in [0.05, 0.1) is 17.6 Å². The molecule has 2 heterocycles. The number of rotatable bonds is 2. The summed E-state index contributed by atoms with van der Waals surface area (Å²) in [5.74, 6) is -0.117. The molecule has 6 nitrogen and oxygen atoms in total. The quantitative estimate of drug-likeness (QED) is 0.693. The number of nitrogens with zero attached hydrogens (tertiary/aromatic N) is 3. The van der Waals surface area contributed by atoms with Crippen molar-refractivity contribution in [2.75, 3.05) is 4.90 Å². The highest BCUT2D eigenvalue weighted by Crippen LogP contribution is 2.50. The summed E-state index contributed by atoms with van der Waals surface area (Å²) in [6, 6.07) is 10.2. The van der Waals surface area contributed by atoms with Gasteiger partial charge in [-0.1, -0.05) is 55.0 Å². The molecule has 148 valence electrons. The number of nitrogens with one attached hydrogen (secondary N) is 1. The van der Waals surface area contributed by atoms with Crippen LogP contribution in [0.3, 0.4) is 0 Å². The molecular formula is C21H21N5OS2. The van der Waals surface area contributed by atoms with Crippen LogP contribution in [-0.2, 0) is 4.79 Å². The number of benzene rings is 1. The summed E-state index contributed by atoms with van der Waals surface area (Å²) in [5.41, 5.74) is 10.1. The standard InChI is InChI=1S/C21H21N5OS2/c1-11-4-6-12(7-5-11)16-13(10-22)18(23)26(19-24-25-20(28)29-19)14-8-21(2,3)9-15(27)17(14)16/h4-7,16H,8-9,23H2,1-3H3,(H,25,28). The molecule has 0 saturated carbocycles. The van der Waals surface area contributed by atoms with Gasteiger partial charge < -0.3 is 5.73 Å². The minimum Gasteiger partial charge on any atom is -0.384 e. The molecule has 29 heavy (non-hydrogen) atoms. The first-order valence-electron chi connectivity index (χ1n) is 9.30. The Morgan fingerprint density at radius 3 is 2.62 bits per heavy atom. The first-order valence-corrected chi connectivity index (χ1v) is 10.5. The SMILES string of the molecule is Cc1ccc(C2C(C#N)=C(N)N(c3n[nH]c(=S)s3)C3=C2C(=O)CC(C)(C)C3)cc1. The Morgan fingerprint density at radius 2 is 2.03 bits per heavy atom. The highest BCUT2D eigenvalue weighted by Gasteiger charge is 2.45. The first kappa shape index (κ1) is 19.6. The van der Waals surface area contributed by atoms with Crippen LogP contribution in [0.5, 0.6) is 0 Å². The van der Waals surface area contributed by atoms with Gasteiger partial charge in [-0.05, 0) is 36.5 Å². The van der Waals surface area contributed by atoms with Crippen LogP contribution in [0.4, 0.5) is 5.13 Å². The molecule has 4 rings (SSSR count). The third-order valence-electron chi connectivity index (χ3n) is 5.41. The number of allylic oxidation sites excluding steroid dienone is 3. The third kappa shape index (κ3) is 3.30. The number of ketones is 1. The average molecular weight is 424 g/mol. The van der Waals surface area contributed by atoms with E-state index in [1.54, 1.807) is 4.90 Å². The van der Waals surface area contributed by atoms with Crippen molar-refractivity contribution >= 4 is 34.5 Å². The Morgan fingerprint density at radius 1 is 1.34 bits per heavy atom. The lowest BCUT2D eigenvalue weighted by molar-refractivity contribution is -0.118. The monoisotopic (exact) mass is 423 g/mol. The van der Waals surface area contributed by atoms with Crippen molar-refractivity contribution in [3.63, 3.8) is 0 Å². The molecule has 0 spiro atoms. The number of Topliss-reactive ketones (excluding diaryl/α,β-unsaturated/α-hetero) is 1.